The highest BCUT2D eigenvalue weighted by molar-refractivity contribution is 5.81. The minimum Gasteiger partial charge on any atom is -0.489 e. The third-order valence-corrected chi connectivity index (χ3v) is 3.37. The molecule has 0 aliphatic rings. The quantitative estimate of drug-likeness (QED) is 0.775. The molecule has 0 radical (unpaired) electrons. The number of carbonyl (C=O) groups is 1. The average molecular weight is 332 g/mol. The second-order valence-corrected chi connectivity index (χ2v) is 5.34. The van der Waals surface area contributed by atoms with Crippen molar-refractivity contribution in [1.29, 1.82) is 0 Å². The Kier molecular flexibility index (Phi) is 6.72. The molecule has 2 aromatic rings. The van der Waals surface area contributed by atoms with E-state index in [1.54, 1.807) is 12.1 Å². The van der Waals surface area contributed by atoms with Gasteiger partial charge in [0, 0.05) is 19.7 Å². The molecule has 24 heavy (non-hydrogen) atoms. The molecule has 0 aromatic heterocycles. The normalized spacial score (nSPS) is 11.8. The van der Waals surface area contributed by atoms with Gasteiger partial charge in [-0.25, -0.2) is 4.39 Å². The first-order valence-electron chi connectivity index (χ1n) is 7.57. The second-order valence-electron chi connectivity index (χ2n) is 5.34. The molecule has 3 N–H and O–H groups in total. The van der Waals surface area contributed by atoms with E-state index in [0.29, 0.717) is 18.9 Å². The number of methoxy groups -OCH3 is 1. The molecule has 0 saturated carbocycles. The Hall–Kier alpha value is -2.44. The Bertz CT molecular complexity index is 662. The summed E-state index contributed by atoms with van der Waals surface area (Å²) in [5, 5.41) is 2.75. The maximum absolute atomic E-state index is 13.1. The third-order valence-electron chi connectivity index (χ3n) is 3.37. The standard InChI is InChI=1S/C18H21FN2O3/c1-23-12-17(20)18(22)21-10-13-5-7-14(8-6-13)11-24-16-4-2-3-15(19)9-16/h2-9,17H,10-12,20H2,1H3,(H,21,22)/t17-/m1/s1. The number of ether oxygens (including phenoxy) is 2. The molecule has 0 aliphatic carbocycles. The summed E-state index contributed by atoms with van der Waals surface area (Å²) < 4.78 is 23.4. The summed E-state index contributed by atoms with van der Waals surface area (Å²) in [6, 6.07) is 12.9. The van der Waals surface area contributed by atoms with Gasteiger partial charge < -0.3 is 20.5 Å². The number of nitrogens with two attached hydrogens (primary N) is 1. The molecule has 0 unspecified atom stereocenters. The van der Waals surface area contributed by atoms with Crippen molar-refractivity contribution >= 4 is 5.91 Å². The number of amides is 1. The van der Waals surface area contributed by atoms with Crippen molar-refractivity contribution in [2.75, 3.05) is 13.7 Å². The summed E-state index contributed by atoms with van der Waals surface area (Å²) in [4.78, 5) is 11.7. The zero-order chi connectivity index (χ0) is 17.4. The van der Waals surface area contributed by atoms with Crippen molar-refractivity contribution in [3.63, 3.8) is 0 Å². The van der Waals surface area contributed by atoms with E-state index in [1.807, 2.05) is 24.3 Å². The van der Waals surface area contributed by atoms with Crippen LogP contribution in [0.4, 0.5) is 4.39 Å². The molecule has 0 fully saturated rings. The van der Waals surface area contributed by atoms with Crippen LogP contribution in [0.3, 0.4) is 0 Å². The SMILES string of the molecule is COC[C@@H](N)C(=O)NCc1ccc(COc2cccc(F)c2)cc1. The number of carbonyl (C=O) groups excluding carboxylic acids is 1. The summed E-state index contributed by atoms with van der Waals surface area (Å²) in [7, 11) is 1.50. The Morgan fingerprint density at radius 1 is 1.21 bits per heavy atom. The van der Waals surface area contributed by atoms with Gasteiger partial charge in [-0.1, -0.05) is 30.3 Å². The van der Waals surface area contributed by atoms with Gasteiger partial charge in [0.15, 0.2) is 0 Å². The van der Waals surface area contributed by atoms with Crippen LogP contribution in [0.15, 0.2) is 48.5 Å². The molecule has 1 amide bonds. The fraction of sp³-hybridized carbons (Fsp3) is 0.278. The summed E-state index contributed by atoms with van der Waals surface area (Å²) in [6.07, 6.45) is 0. The first-order valence-corrected chi connectivity index (χ1v) is 7.57. The van der Waals surface area contributed by atoms with Crippen LogP contribution >= 0.6 is 0 Å². The highest BCUT2D eigenvalue weighted by Crippen LogP contribution is 2.14. The van der Waals surface area contributed by atoms with Crippen molar-refractivity contribution in [2.24, 2.45) is 5.73 Å². The fourth-order valence-corrected chi connectivity index (χ4v) is 2.05. The van der Waals surface area contributed by atoms with Gasteiger partial charge in [0.1, 0.15) is 24.2 Å². The van der Waals surface area contributed by atoms with Crippen molar-refractivity contribution < 1.29 is 18.7 Å². The zero-order valence-corrected chi connectivity index (χ0v) is 13.5. The van der Waals surface area contributed by atoms with Gasteiger partial charge in [0.25, 0.3) is 0 Å². The molecule has 0 spiro atoms. The number of benzene rings is 2. The minimum atomic E-state index is -0.672. The Balaban J connectivity index is 1.81. The lowest BCUT2D eigenvalue weighted by molar-refractivity contribution is -0.123. The highest BCUT2D eigenvalue weighted by Gasteiger charge is 2.12. The molecule has 0 saturated heterocycles. The number of hydrogen-bond donors (Lipinski definition) is 2. The van der Waals surface area contributed by atoms with Crippen LogP contribution in [0.1, 0.15) is 11.1 Å². The molecule has 2 rings (SSSR count). The van der Waals surface area contributed by atoms with Crippen LogP contribution in [0.25, 0.3) is 0 Å². The molecule has 0 heterocycles. The first kappa shape index (κ1) is 17.9. The smallest absolute Gasteiger partial charge is 0.239 e. The molecule has 0 bridgehead atoms. The van der Waals surface area contributed by atoms with Crippen LogP contribution in [0, 0.1) is 5.82 Å². The average Bonchev–Trinajstić information content (AvgIpc) is 2.59. The number of rotatable bonds is 8. The summed E-state index contributed by atoms with van der Waals surface area (Å²) in [6.45, 7) is 0.915. The van der Waals surface area contributed by atoms with Crippen LogP contribution in [-0.2, 0) is 22.7 Å². The van der Waals surface area contributed by atoms with Crippen molar-refractivity contribution in [3.8, 4) is 5.75 Å². The number of hydrogen-bond acceptors (Lipinski definition) is 4. The van der Waals surface area contributed by atoms with E-state index in [-0.39, 0.29) is 18.3 Å². The summed E-state index contributed by atoms with van der Waals surface area (Å²) in [5.41, 5.74) is 7.54. The summed E-state index contributed by atoms with van der Waals surface area (Å²) >= 11 is 0. The summed E-state index contributed by atoms with van der Waals surface area (Å²) in [5.74, 6) is -0.0981. The zero-order valence-electron chi connectivity index (χ0n) is 13.5. The lowest BCUT2D eigenvalue weighted by Gasteiger charge is -2.11. The highest BCUT2D eigenvalue weighted by atomic mass is 19.1. The molecule has 2 aromatic carbocycles. The molecule has 0 aliphatic heterocycles. The van der Waals surface area contributed by atoms with Crippen molar-refractivity contribution in [1.82, 2.24) is 5.32 Å². The van der Waals surface area contributed by atoms with Gasteiger partial charge in [0.2, 0.25) is 5.91 Å². The predicted molar refractivity (Wildman–Crippen MR) is 88.9 cm³/mol. The lowest BCUT2D eigenvalue weighted by Crippen LogP contribution is -2.43. The number of nitrogens with one attached hydrogen (secondary N) is 1. The topological polar surface area (TPSA) is 73.6 Å². The number of halogens is 1. The molecular weight excluding hydrogens is 311 g/mol. The van der Waals surface area contributed by atoms with E-state index in [4.69, 9.17) is 15.2 Å². The van der Waals surface area contributed by atoms with Gasteiger partial charge in [-0.2, -0.15) is 0 Å². The Morgan fingerprint density at radius 2 is 1.92 bits per heavy atom. The monoisotopic (exact) mass is 332 g/mol. The van der Waals surface area contributed by atoms with Gasteiger partial charge in [-0.3, -0.25) is 4.79 Å². The van der Waals surface area contributed by atoms with Crippen LogP contribution < -0.4 is 15.8 Å². The van der Waals surface area contributed by atoms with Gasteiger partial charge in [-0.15, -0.1) is 0 Å². The molecule has 128 valence electrons. The van der Waals surface area contributed by atoms with E-state index < -0.39 is 6.04 Å². The van der Waals surface area contributed by atoms with E-state index >= 15 is 0 Å². The predicted octanol–water partition coefficient (Wildman–Crippen LogP) is 1.99. The fourth-order valence-electron chi connectivity index (χ4n) is 2.05. The van der Waals surface area contributed by atoms with Crippen LogP contribution in [0.5, 0.6) is 5.75 Å². The molecule has 6 heteroatoms. The second kappa shape index (κ2) is 9.00. The van der Waals surface area contributed by atoms with E-state index in [2.05, 4.69) is 5.32 Å². The largest absolute Gasteiger partial charge is 0.489 e. The molecule has 1 atom stereocenters. The maximum atomic E-state index is 13.1. The van der Waals surface area contributed by atoms with Crippen molar-refractivity contribution in [3.05, 3.63) is 65.5 Å². The van der Waals surface area contributed by atoms with E-state index in [1.165, 1.54) is 19.2 Å². The van der Waals surface area contributed by atoms with E-state index in [0.717, 1.165) is 11.1 Å². The molecule has 5 nitrogen and oxygen atoms in total. The van der Waals surface area contributed by atoms with Gasteiger partial charge in [-0.05, 0) is 23.3 Å². The van der Waals surface area contributed by atoms with E-state index in [9.17, 15) is 9.18 Å². The lowest BCUT2D eigenvalue weighted by atomic mass is 10.1. The van der Waals surface area contributed by atoms with Gasteiger partial charge >= 0.3 is 0 Å². The maximum Gasteiger partial charge on any atom is 0.239 e. The first-order chi connectivity index (χ1) is 11.6. The van der Waals surface area contributed by atoms with Crippen LogP contribution in [-0.4, -0.2) is 25.7 Å². The Labute approximate surface area is 140 Å². The Morgan fingerprint density at radius 3 is 2.58 bits per heavy atom. The van der Waals surface area contributed by atoms with Crippen LogP contribution in [0.2, 0.25) is 0 Å². The molecular formula is C18H21FN2O3. The third kappa shape index (κ3) is 5.64. The van der Waals surface area contributed by atoms with Crippen molar-refractivity contribution in [2.45, 2.75) is 19.2 Å². The van der Waals surface area contributed by atoms with Gasteiger partial charge in [0.05, 0.1) is 6.61 Å². The minimum absolute atomic E-state index is 0.183.